The molecule has 0 radical (unpaired) electrons. The summed E-state index contributed by atoms with van der Waals surface area (Å²) in [6.07, 6.45) is -1.45. The van der Waals surface area contributed by atoms with Crippen LogP contribution in [0.15, 0.2) is 0 Å². The number of aliphatic hydroxyl groups excluding tert-OH is 1. The number of carbonyl (C=O) groups excluding carboxylic acids is 4. The lowest BCUT2D eigenvalue weighted by molar-refractivity contribution is -0.143. The minimum Gasteiger partial charge on any atom is -0.481 e. The summed E-state index contributed by atoms with van der Waals surface area (Å²) in [5, 5.41) is 33.7. The molecular weight excluding hydrogens is 406 g/mol. The van der Waals surface area contributed by atoms with Crippen molar-refractivity contribution in [2.24, 2.45) is 11.5 Å². The third-order valence-corrected chi connectivity index (χ3v) is 3.80. The maximum atomic E-state index is 12.4. The van der Waals surface area contributed by atoms with Gasteiger partial charge in [-0.05, 0) is 19.8 Å². The molecule has 4 amide bonds. The Hall–Kier alpha value is -3.26. The molecule has 0 aliphatic heterocycles. The number of carbonyl (C=O) groups is 6. The predicted molar refractivity (Wildman–Crippen MR) is 99.5 cm³/mol. The van der Waals surface area contributed by atoms with E-state index in [4.69, 9.17) is 21.7 Å². The van der Waals surface area contributed by atoms with Crippen molar-refractivity contribution in [2.45, 2.75) is 56.8 Å². The molecule has 0 aliphatic rings. The first-order chi connectivity index (χ1) is 13.9. The first-order valence-electron chi connectivity index (χ1n) is 8.89. The van der Waals surface area contributed by atoms with Crippen LogP contribution < -0.4 is 27.4 Å². The second-order valence-corrected chi connectivity index (χ2v) is 6.43. The third-order valence-electron chi connectivity index (χ3n) is 3.80. The van der Waals surface area contributed by atoms with Crippen molar-refractivity contribution in [3.05, 3.63) is 0 Å². The average molecular weight is 433 g/mol. The molecule has 0 aromatic carbocycles. The minimum atomic E-state index is -1.60. The summed E-state index contributed by atoms with van der Waals surface area (Å²) in [6.45, 7) is 0.413. The van der Waals surface area contributed by atoms with Crippen molar-refractivity contribution >= 4 is 35.6 Å². The molecule has 14 nitrogen and oxygen atoms in total. The summed E-state index contributed by atoms with van der Waals surface area (Å²) < 4.78 is 0. The van der Waals surface area contributed by atoms with Gasteiger partial charge in [-0.25, -0.2) is 4.79 Å². The summed E-state index contributed by atoms with van der Waals surface area (Å²) in [6, 6.07) is -5.47. The Labute approximate surface area is 171 Å². The second kappa shape index (κ2) is 13.1. The highest BCUT2D eigenvalue weighted by Crippen LogP contribution is 2.02. The molecule has 10 N–H and O–H groups in total. The summed E-state index contributed by atoms with van der Waals surface area (Å²) in [7, 11) is 0. The largest absolute Gasteiger partial charge is 0.481 e. The van der Waals surface area contributed by atoms with E-state index >= 15 is 0 Å². The van der Waals surface area contributed by atoms with Crippen molar-refractivity contribution in [1.29, 1.82) is 0 Å². The second-order valence-electron chi connectivity index (χ2n) is 6.43. The molecule has 0 heterocycles. The Morgan fingerprint density at radius 1 is 0.800 bits per heavy atom. The number of aliphatic carboxylic acids is 2. The molecule has 0 aliphatic carbocycles. The summed E-state index contributed by atoms with van der Waals surface area (Å²) >= 11 is 0. The van der Waals surface area contributed by atoms with Gasteiger partial charge in [0.05, 0.1) is 12.6 Å². The van der Waals surface area contributed by atoms with Gasteiger partial charge in [0.1, 0.15) is 18.1 Å². The Balaban J connectivity index is 5.18. The minimum absolute atomic E-state index is 0.311. The number of aliphatic hydroxyl groups is 1. The number of nitrogens with two attached hydrogens (primary N) is 2. The molecule has 4 unspecified atom stereocenters. The summed E-state index contributed by atoms with van der Waals surface area (Å²) in [4.78, 5) is 69.1. The predicted octanol–water partition coefficient (Wildman–Crippen LogP) is -4.00. The molecule has 0 rings (SSSR count). The van der Waals surface area contributed by atoms with E-state index in [9.17, 15) is 33.9 Å². The zero-order valence-electron chi connectivity index (χ0n) is 16.3. The molecule has 14 heteroatoms. The fraction of sp³-hybridized carbons (Fsp3) is 0.625. The quantitative estimate of drug-likeness (QED) is 0.132. The van der Waals surface area contributed by atoms with Gasteiger partial charge in [-0.1, -0.05) is 0 Å². The SMILES string of the molecule is CC(N)C(=O)NC(CCC(=O)O)C(=O)NC(CO)C(=O)NC(CCC(N)=O)C(=O)O. The lowest BCUT2D eigenvalue weighted by Crippen LogP contribution is -2.58. The van der Waals surface area contributed by atoms with Crippen molar-refractivity contribution in [3.63, 3.8) is 0 Å². The van der Waals surface area contributed by atoms with Crippen LogP contribution in [-0.4, -0.2) is 81.7 Å². The Bertz CT molecular complexity index is 667. The van der Waals surface area contributed by atoms with Gasteiger partial charge in [-0.2, -0.15) is 0 Å². The molecule has 0 aromatic rings. The van der Waals surface area contributed by atoms with Crippen LogP contribution in [0.4, 0.5) is 0 Å². The van der Waals surface area contributed by atoms with Gasteiger partial charge in [0.15, 0.2) is 0 Å². The smallest absolute Gasteiger partial charge is 0.326 e. The highest BCUT2D eigenvalue weighted by Gasteiger charge is 2.30. The number of hydrogen-bond acceptors (Lipinski definition) is 8. The third kappa shape index (κ3) is 10.3. The monoisotopic (exact) mass is 433 g/mol. The first kappa shape index (κ1) is 26.7. The van der Waals surface area contributed by atoms with E-state index in [1.165, 1.54) is 6.92 Å². The number of amides is 4. The van der Waals surface area contributed by atoms with E-state index in [1.54, 1.807) is 0 Å². The highest BCUT2D eigenvalue weighted by molar-refractivity contribution is 5.94. The molecular formula is C16H27N5O9. The van der Waals surface area contributed by atoms with E-state index in [0.717, 1.165) is 0 Å². The van der Waals surface area contributed by atoms with Crippen molar-refractivity contribution in [3.8, 4) is 0 Å². The average Bonchev–Trinajstić information content (AvgIpc) is 2.64. The number of carboxylic acid groups (broad SMARTS) is 2. The van der Waals surface area contributed by atoms with Gasteiger partial charge in [0.2, 0.25) is 23.6 Å². The van der Waals surface area contributed by atoms with Crippen LogP contribution in [0.5, 0.6) is 0 Å². The highest BCUT2D eigenvalue weighted by atomic mass is 16.4. The standard InChI is InChI=1S/C16H27N5O9/c1-7(17)13(26)19-8(3-5-12(24)25)14(27)21-10(6-22)15(28)20-9(16(29)30)2-4-11(18)23/h7-10,22H,2-6,17H2,1H3,(H2,18,23)(H,19,26)(H,20,28)(H,21,27)(H,24,25)(H,29,30). The normalized spacial score (nSPS) is 14.5. The van der Waals surface area contributed by atoms with Crippen LogP contribution >= 0.6 is 0 Å². The van der Waals surface area contributed by atoms with Gasteiger partial charge >= 0.3 is 11.9 Å². The number of rotatable bonds is 14. The summed E-state index contributed by atoms with van der Waals surface area (Å²) in [5.74, 6) is -6.28. The molecule has 0 fully saturated rings. The van der Waals surface area contributed by atoms with E-state index in [1.807, 2.05) is 0 Å². The Morgan fingerprint density at radius 2 is 1.27 bits per heavy atom. The van der Waals surface area contributed by atoms with Gasteiger partial charge < -0.3 is 42.7 Å². The van der Waals surface area contributed by atoms with Crippen molar-refractivity contribution < 1.29 is 44.1 Å². The zero-order chi connectivity index (χ0) is 23.4. The van der Waals surface area contributed by atoms with Gasteiger partial charge in [0, 0.05) is 12.8 Å². The van der Waals surface area contributed by atoms with Crippen LogP contribution in [-0.2, 0) is 28.8 Å². The fourth-order valence-corrected chi connectivity index (χ4v) is 2.12. The number of primary amides is 1. The Kier molecular flexibility index (Phi) is 11.6. The number of carboxylic acids is 2. The molecule has 0 bridgehead atoms. The zero-order valence-corrected chi connectivity index (χ0v) is 16.3. The number of hydrogen-bond donors (Lipinski definition) is 8. The van der Waals surface area contributed by atoms with Crippen molar-refractivity contribution in [2.75, 3.05) is 6.61 Å². The van der Waals surface area contributed by atoms with Crippen LogP contribution in [0.25, 0.3) is 0 Å². The van der Waals surface area contributed by atoms with Gasteiger partial charge in [-0.3, -0.25) is 24.0 Å². The van der Waals surface area contributed by atoms with Crippen LogP contribution in [0.2, 0.25) is 0 Å². The van der Waals surface area contributed by atoms with Gasteiger partial charge in [-0.15, -0.1) is 0 Å². The van der Waals surface area contributed by atoms with E-state index in [0.29, 0.717) is 0 Å². The van der Waals surface area contributed by atoms with Crippen molar-refractivity contribution in [1.82, 2.24) is 16.0 Å². The van der Waals surface area contributed by atoms with Crippen LogP contribution in [0, 0.1) is 0 Å². The van der Waals surface area contributed by atoms with E-state index < -0.39 is 72.8 Å². The molecule has 0 saturated carbocycles. The number of nitrogens with one attached hydrogen (secondary N) is 3. The van der Waals surface area contributed by atoms with E-state index in [-0.39, 0.29) is 19.3 Å². The maximum absolute atomic E-state index is 12.4. The molecule has 4 atom stereocenters. The fourth-order valence-electron chi connectivity index (χ4n) is 2.12. The summed E-state index contributed by atoms with van der Waals surface area (Å²) in [5.41, 5.74) is 10.3. The van der Waals surface area contributed by atoms with Gasteiger partial charge in [0.25, 0.3) is 0 Å². The lowest BCUT2D eigenvalue weighted by atomic mass is 10.1. The Morgan fingerprint density at radius 3 is 1.70 bits per heavy atom. The molecule has 0 spiro atoms. The van der Waals surface area contributed by atoms with E-state index in [2.05, 4.69) is 16.0 Å². The molecule has 170 valence electrons. The molecule has 30 heavy (non-hydrogen) atoms. The molecule has 0 aromatic heterocycles. The topological polar surface area (TPSA) is 251 Å². The lowest BCUT2D eigenvalue weighted by Gasteiger charge is -2.23. The first-order valence-corrected chi connectivity index (χ1v) is 8.89. The van der Waals surface area contributed by atoms with Crippen LogP contribution in [0.3, 0.4) is 0 Å². The van der Waals surface area contributed by atoms with Crippen LogP contribution in [0.1, 0.15) is 32.6 Å². The maximum Gasteiger partial charge on any atom is 0.326 e. The molecule has 0 saturated heterocycles.